The predicted octanol–water partition coefficient (Wildman–Crippen LogP) is 11.2. The molecule has 0 fully saturated rings. The molecule has 0 amide bonds. The van der Waals surface area contributed by atoms with Crippen LogP contribution in [0.25, 0.3) is 67.0 Å². The lowest BCUT2D eigenvalue weighted by Crippen LogP contribution is -2.05. The third-order valence-corrected chi connectivity index (χ3v) is 9.82. The molecule has 0 atom stereocenters. The molecule has 0 radical (unpaired) electrons. The normalized spacial score (nSPS) is 14.5. The van der Waals surface area contributed by atoms with Gasteiger partial charge in [0.05, 0.1) is 16.7 Å². The van der Waals surface area contributed by atoms with Gasteiger partial charge in [-0.3, -0.25) is 4.98 Å². The first-order valence-corrected chi connectivity index (χ1v) is 17.6. The lowest BCUT2D eigenvalue weighted by molar-refractivity contribution is 0.904. The van der Waals surface area contributed by atoms with Gasteiger partial charge < -0.3 is 0 Å². The van der Waals surface area contributed by atoms with Crippen molar-refractivity contribution in [3.8, 4) is 34.0 Å². The first kappa shape index (κ1) is 30.7. The summed E-state index contributed by atoms with van der Waals surface area (Å²) in [5.74, 6) is 2.08. The molecule has 2 aliphatic carbocycles. The van der Waals surface area contributed by atoms with Crippen LogP contribution in [0, 0.1) is 6.92 Å². The number of pyridine rings is 2. The minimum Gasteiger partial charge on any atom is -0.251 e. The first-order chi connectivity index (χ1) is 25.2. The Hall–Kier alpha value is -6.33. The van der Waals surface area contributed by atoms with Gasteiger partial charge in [-0.15, -0.1) is 0 Å². The van der Waals surface area contributed by atoms with Crippen LogP contribution >= 0.6 is 0 Å². The van der Waals surface area contributed by atoms with Crippen molar-refractivity contribution in [3.63, 3.8) is 0 Å². The van der Waals surface area contributed by atoms with E-state index in [0.717, 1.165) is 81.1 Å². The average molecular weight is 658 g/mol. The highest BCUT2D eigenvalue weighted by molar-refractivity contribution is 6.07. The summed E-state index contributed by atoms with van der Waals surface area (Å²) in [6.07, 6.45) is 13.0. The Morgan fingerprint density at radius 1 is 0.490 bits per heavy atom. The van der Waals surface area contributed by atoms with E-state index < -0.39 is 0 Å². The largest absolute Gasteiger partial charge is 0.251 e. The van der Waals surface area contributed by atoms with Crippen molar-refractivity contribution in [3.05, 3.63) is 174 Å². The maximum atomic E-state index is 5.21. The van der Waals surface area contributed by atoms with Crippen molar-refractivity contribution in [2.75, 3.05) is 0 Å². The van der Waals surface area contributed by atoms with E-state index in [-0.39, 0.29) is 0 Å². The highest BCUT2D eigenvalue weighted by Crippen LogP contribution is 2.39. The minimum atomic E-state index is 0.683. The van der Waals surface area contributed by atoms with Gasteiger partial charge in [-0.2, -0.15) is 0 Å². The summed E-state index contributed by atoms with van der Waals surface area (Å²) in [5.41, 5.74) is 13.2. The Labute approximate surface area is 297 Å². The Kier molecular flexibility index (Phi) is 7.94. The summed E-state index contributed by atoms with van der Waals surface area (Å²) in [7, 11) is 0. The third kappa shape index (κ3) is 6.08. The first-order valence-electron chi connectivity index (χ1n) is 17.6. The standard InChI is InChI=1S/C46H35N5/c1-30-20-21-34-26-27-39-40(29-41(33-12-5-2-6-13-33)48-43(39)42(34)47-30)32-24-22-31(23-25-32)37-18-11-19-38(28-37)46-50-44(35-14-7-3-8-15-35)49-45(51-46)36-16-9-4-10-17-36/h2-10,12-17,19-22,24,26-29H,11,18,23,25H2,1H3. The fraction of sp³-hybridized carbons (Fsp3) is 0.109. The maximum Gasteiger partial charge on any atom is 0.164 e. The monoisotopic (exact) mass is 657 g/mol. The number of aromatic nitrogens is 5. The lowest BCUT2D eigenvalue weighted by Gasteiger charge is -2.21. The topological polar surface area (TPSA) is 64.5 Å². The summed E-state index contributed by atoms with van der Waals surface area (Å²) >= 11 is 0. The summed E-state index contributed by atoms with van der Waals surface area (Å²) in [6, 6.07) is 41.6. The molecule has 0 spiro atoms. The van der Waals surface area contributed by atoms with Crippen LogP contribution < -0.4 is 0 Å². The second kappa shape index (κ2) is 13.2. The number of aryl methyl sites for hydroxylation is 1. The molecule has 0 N–H and O–H groups in total. The van der Waals surface area contributed by atoms with Gasteiger partial charge in [0.25, 0.3) is 0 Å². The second-order valence-corrected chi connectivity index (χ2v) is 13.2. The molecule has 5 heteroatoms. The molecule has 5 nitrogen and oxygen atoms in total. The molecule has 9 rings (SSSR count). The molecule has 0 unspecified atom stereocenters. The maximum absolute atomic E-state index is 5.21. The number of nitrogens with zero attached hydrogens (tertiary/aromatic N) is 5. The molecule has 3 heterocycles. The van der Waals surface area contributed by atoms with Crippen LogP contribution in [0.5, 0.6) is 0 Å². The Morgan fingerprint density at radius 3 is 1.76 bits per heavy atom. The highest BCUT2D eigenvalue weighted by Gasteiger charge is 2.20. The molecule has 7 aromatic rings. The SMILES string of the molecule is Cc1ccc2ccc3c(C4=CC=C(C5=CC(c6nc(-c7ccccc7)nc(-c7ccccc7)n6)=CCC5)CC4)cc(-c4ccccc4)nc3c2n1. The van der Waals surface area contributed by atoms with E-state index in [1.165, 1.54) is 22.3 Å². The predicted molar refractivity (Wildman–Crippen MR) is 209 cm³/mol. The molecule has 0 aliphatic heterocycles. The van der Waals surface area contributed by atoms with Crippen LogP contribution in [-0.2, 0) is 0 Å². The average Bonchev–Trinajstić information content (AvgIpc) is 3.21. The molecule has 51 heavy (non-hydrogen) atoms. The van der Waals surface area contributed by atoms with Gasteiger partial charge in [-0.1, -0.05) is 127 Å². The smallest absolute Gasteiger partial charge is 0.164 e. The molecule has 0 saturated heterocycles. The van der Waals surface area contributed by atoms with E-state index in [1.807, 2.05) is 49.4 Å². The van der Waals surface area contributed by atoms with E-state index in [9.17, 15) is 0 Å². The molecule has 0 bridgehead atoms. The zero-order chi connectivity index (χ0) is 34.1. The number of allylic oxidation sites excluding steroid dienone is 8. The zero-order valence-corrected chi connectivity index (χ0v) is 28.4. The number of benzene rings is 4. The van der Waals surface area contributed by atoms with Gasteiger partial charge in [0.1, 0.15) is 0 Å². The molecule has 244 valence electrons. The van der Waals surface area contributed by atoms with E-state index in [2.05, 4.69) is 103 Å². The van der Waals surface area contributed by atoms with E-state index in [4.69, 9.17) is 24.9 Å². The molecule has 2 aliphatic rings. The van der Waals surface area contributed by atoms with E-state index in [1.54, 1.807) is 0 Å². The van der Waals surface area contributed by atoms with Gasteiger partial charge >= 0.3 is 0 Å². The van der Waals surface area contributed by atoms with Gasteiger partial charge in [-0.05, 0) is 73.1 Å². The summed E-state index contributed by atoms with van der Waals surface area (Å²) in [5, 5.41) is 2.25. The fourth-order valence-corrected chi connectivity index (χ4v) is 7.17. The number of hydrogen-bond acceptors (Lipinski definition) is 5. The number of rotatable bonds is 6. The van der Waals surface area contributed by atoms with Gasteiger partial charge in [0.15, 0.2) is 17.5 Å². The Bertz CT molecular complexity index is 2510. The zero-order valence-electron chi connectivity index (χ0n) is 28.4. The van der Waals surface area contributed by atoms with Crippen molar-refractivity contribution in [1.29, 1.82) is 0 Å². The third-order valence-electron chi connectivity index (χ3n) is 9.82. The van der Waals surface area contributed by atoms with Crippen molar-refractivity contribution < 1.29 is 0 Å². The molecule has 0 saturated carbocycles. The fourth-order valence-electron chi connectivity index (χ4n) is 7.17. The van der Waals surface area contributed by atoms with Crippen molar-refractivity contribution in [1.82, 2.24) is 24.9 Å². The summed E-state index contributed by atoms with van der Waals surface area (Å²) in [6.45, 7) is 2.04. The van der Waals surface area contributed by atoms with E-state index >= 15 is 0 Å². The van der Waals surface area contributed by atoms with Crippen LogP contribution in [0.1, 0.15) is 42.8 Å². The number of fused-ring (bicyclic) bond motifs is 3. The lowest BCUT2D eigenvalue weighted by atomic mass is 9.84. The molecule has 4 aromatic carbocycles. The summed E-state index contributed by atoms with van der Waals surface area (Å²) < 4.78 is 0. The second-order valence-electron chi connectivity index (χ2n) is 13.2. The van der Waals surface area contributed by atoms with Crippen LogP contribution in [0.2, 0.25) is 0 Å². The van der Waals surface area contributed by atoms with Gasteiger partial charge in [0.2, 0.25) is 0 Å². The van der Waals surface area contributed by atoms with Crippen LogP contribution in [0.15, 0.2) is 157 Å². The highest BCUT2D eigenvalue weighted by atomic mass is 15.0. The molecule has 3 aromatic heterocycles. The van der Waals surface area contributed by atoms with Gasteiger partial charge in [-0.25, -0.2) is 19.9 Å². The molecular weight excluding hydrogens is 623 g/mol. The van der Waals surface area contributed by atoms with Crippen LogP contribution in [-0.4, -0.2) is 24.9 Å². The Morgan fingerprint density at radius 2 is 1.10 bits per heavy atom. The van der Waals surface area contributed by atoms with Crippen LogP contribution in [0.3, 0.4) is 0 Å². The van der Waals surface area contributed by atoms with Crippen LogP contribution in [0.4, 0.5) is 0 Å². The van der Waals surface area contributed by atoms with Crippen molar-refractivity contribution in [2.45, 2.75) is 32.6 Å². The Balaban J connectivity index is 1.10. The van der Waals surface area contributed by atoms with E-state index in [0.29, 0.717) is 17.5 Å². The minimum absolute atomic E-state index is 0.683. The van der Waals surface area contributed by atoms with Crippen molar-refractivity contribution in [2.24, 2.45) is 0 Å². The van der Waals surface area contributed by atoms with Gasteiger partial charge in [0, 0.05) is 38.7 Å². The molecular formula is C46H35N5. The van der Waals surface area contributed by atoms with Crippen molar-refractivity contribution >= 4 is 33.0 Å². The summed E-state index contributed by atoms with van der Waals surface area (Å²) in [4.78, 5) is 25.0. The quantitative estimate of drug-likeness (QED) is 0.167. The number of hydrogen-bond donors (Lipinski definition) is 0.